The third kappa shape index (κ3) is 4.14. The molecule has 3 aliphatic rings. The molecule has 0 fully saturated rings. The van der Waals surface area contributed by atoms with Crippen LogP contribution in [0.4, 0.5) is 5.95 Å². The molecular formula is C29H34ClN7O2. The molecule has 0 radical (unpaired) electrons. The van der Waals surface area contributed by atoms with Crippen molar-refractivity contribution in [3.63, 3.8) is 0 Å². The van der Waals surface area contributed by atoms with Crippen LogP contribution in [0.3, 0.4) is 0 Å². The number of anilines is 1. The second-order valence-electron chi connectivity index (χ2n) is 10.5. The molecule has 2 aromatic heterocycles. The predicted molar refractivity (Wildman–Crippen MR) is 154 cm³/mol. The first-order chi connectivity index (χ1) is 18.7. The third-order valence-corrected chi connectivity index (χ3v) is 8.62. The van der Waals surface area contributed by atoms with Gasteiger partial charge in [0.05, 0.1) is 23.6 Å². The lowest BCUT2D eigenvalue weighted by Gasteiger charge is -2.48. The number of nitrogens with two attached hydrogens (primary N) is 1. The fourth-order valence-electron chi connectivity index (χ4n) is 6.18. The zero-order valence-electron chi connectivity index (χ0n) is 22.9. The molecule has 1 aromatic carbocycles. The minimum atomic E-state index is -0.536. The van der Waals surface area contributed by atoms with Crippen molar-refractivity contribution in [3.8, 4) is 6.07 Å². The Bertz CT molecular complexity index is 1690. The van der Waals surface area contributed by atoms with E-state index in [1.807, 2.05) is 18.4 Å². The number of nitriles is 1. The summed E-state index contributed by atoms with van der Waals surface area (Å²) in [5.74, 6) is 0.617. The standard InChI is InChI=1S/C27H28ClN7O2.C2H6/c1-27-15-35-21-23(32(2)26(37)34(24(21)36)13-18-7-4-3-6-17(18)12-29)31-25(35)33-14-19(30)9-5-8-16(22(27)33)10-11-20(27)28;1-2/h3-4,6-7,11,19H,5,8-10,13-15,30H2,1-2H3;1-2H3. The van der Waals surface area contributed by atoms with Gasteiger partial charge in [0, 0.05) is 36.9 Å². The van der Waals surface area contributed by atoms with Gasteiger partial charge in [-0.05, 0) is 49.8 Å². The molecule has 204 valence electrons. The van der Waals surface area contributed by atoms with Crippen LogP contribution in [0, 0.1) is 16.7 Å². The van der Waals surface area contributed by atoms with Gasteiger partial charge in [-0.3, -0.25) is 13.9 Å². The van der Waals surface area contributed by atoms with E-state index in [1.165, 1.54) is 14.7 Å². The Labute approximate surface area is 232 Å². The number of fused-ring (bicyclic) bond motifs is 4. The van der Waals surface area contributed by atoms with Crippen LogP contribution in [0.1, 0.15) is 57.6 Å². The average Bonchev–Trinajstić information content (AvgIpc) is 3.31. The van der Waals surface area contributed by atoms with E-state index >= 15 is 0 Å². The summed E-state index contributed by atoms with van der Waals surface area (Å²) in [6, 6.07) is 9.08. The number of hydrogen-bond donors (Lipinski definition) is 1. The molecule has 0 spiro atoms. The van der Waals surface area contributed by atoms with Crippen molar-refractivity contribution in [2.45, 2.75) is 65.6 Å². The summed E-state index contributed by atoms with van der Waals surface area (Å²) in [4.78, 5) is 34.3. The maximum Gasteiger partial charge on any atom is 0.332 e. The average molecular weight is 548 g/mol. The Morgan fingerprint density at radius 3 is 2.74 bits per heavy atom. The Morgan fingerprint density at radius 2 is 2.00 bits per heavy atom. The monoisotopic (exact) mass is 547 g/mol. The maximum absolute atomic E-state index is 13.9. The van der Waals surface area contributed by atoms with Gasteiger partial charge in [-0.2, -0.15) is 10.2 Å². The number of imidazole rings is 1. The number of rotatable bonds is 2. The molecule has 2 unspecified atom stereocenters. The number of nitrogens with zero attached hydrogens (tertiary/aromatic N) is 6. The molecule has 39 heavy (non-hydrogen) atoms. The minimum Gasteiger partial charge on any atom is -0.326 e. The van der Waals surface area contributed by atoms with Crippen LogP contribution < -0.4 is 21.9 Å². The molecule has 4 heterocycles. The largest absolute Gasteiger partial charge is 0.332 e. The van der Waals surface area contributed by atoms with Gasteiger partial charge >= 0.3 is 5.69 Å². The molecule has 2 aliphatic heterocycles. The number of benzene rings is 1. The lowest BCUT2D eigenvalue weighted by atomic mass is 9.75. The van der Waals surface area contributed by atoms with Gasteiger partial charge in [0.2, 0.25) is 5.95 Å². The van der Waals surface area contributed by atoms with Crippen molar-refractivity contribution < 1.29 is 0 Å². The van der Waals surface area contributed by atoms with Gasteiger partial charge in [-0.25, -0.2) is 4.79 Å². The molecule has 2 N–H and O–H groups in total. The molecule has 9 nitrogen and oxygen atoms in total. The fraction of sp³-hybridized carbons (Fsp3) is 0.448. The highest BCUT2D eigenvalue weighted by molar-refractivity contribution is 6.30. The molecule has 0 saturated carbocycles. The number of aromatic nitrogens is 4. The van der Waals surface area contributed by atoms with Crippen LogP contribution in [0.5, 0.6) is 0 Å². The molecule has 2 atom stereocenters. The second-order valence-corrected chi connectivity index (χ2v) is 10.9. The zero-order valence-corrected chi connectivity index (χ0v) is 23.6. The van der Waals surface area contributed by atoms with E-state index in [-0.39, 0.29) is 12.6 Å². The summed E-state index contributed by atoms with van der Waals surface area (Å²) in [7, 11) is 1.63. The van der Waals surface area contributed by atoms with E-state index in [4.69, 9.17) is 22.3 Å². The molecule has 0 bridgehead atoms. The molecule has 6 rings (SSSR count). The summed E-state index contributed by atoms with van der Waals surface area (Å²) >= 11 is 6.89. The summed E-state index contributed by atoms with van der Waals surface area (Å²) in [5.41, 5.74) is 9.23. The summed E-state index contributed by atoms with van der Waals surface area (Å²) < 4.78 is 4.50. The van der Waals surface area contributed by atoms with Crippen LogP contribution in [-0.2, 0) is 20.1 Å². The first-order valence-electron chi connectivity index (χ1n) is 13.5. The normalized spacial score (nSPS) is 22.1. The Morgan fingerprint density at radius 1 is 1.26 bits per heavy atom. The van der Waals surface area contributed by atoms with E-state index < -0.39 is 16.7 Å². The van der Waals surface area contributed by atoms with Crippen LogP contribution >= 0.6 is 11.6 Å². The molecule has 1 aliphatic carbocycles. The minimum absolute atomic E-state index is 0.00644. The number of aryl methyl sites for hydroxylation is 1. The van der Waals surface area contributed by atoms with E-state index in [1.54, 1.807) is 31.3 Å². The van der Waals surface area contributed by atoms with E-state index in [2.05, 4.69) is 24.0 Å². The van der Waals surface area contributed by atoms with Crippen molar-refractivity contribution in [3.05, 3.63) is 78.6 Å². The number of halogens is 1. The summed E-state index contributed by atoms with van der Waals surface area (Å²) in [6.07, 6.45) is 5.73. The lowest BCUT2D eigenvalue weighted by Crippen LogP contribution is -2.50. The first-order valence-corrected chi connectivity index (χ1v) is 13.9. The van der Waals surface area contributed by atoms with E-state index in [9.17, 15) is 14.9 Å². The summed E-state index contributed by atoms with van der Waals surface area (Å²) in [6.45, 7) is 7.09. The van der Waals surface area contributed by atoms with Gasteiger partial charge < -0.3 is 15.2 Å². The maximum atomic E-state index is 13.9. The van der Waals surface area contributed by atoms with Crippen LogP contribution in [0.25, 0.3) is 11.2 Å². The SMILES string of the molecule is CC.Cn1c(=O)n(Cc2ccccc2C#N)c(=O)c2c1nc1n2CC2(C)C(Cl)=CCC3=C2N1CC(N)CCC3. The van der Waals surface area contributed by atoms with Crippen LogP contribution in [-0.4, -0.2) is 31.3 Å². The van der Waals surface area contributed by atoms with Gasteiger partial charge in [0.25, 0.3) is 5.56 Å². The third-order valence-electron chi connectivity index (χ3n) is 8.05. The van der Waals surface area contributed by atoms with Crippen molar-refractivity contribution >= 4 is 28.7 Å². The van der Waals surface area contributed by atoms with Crippen molar-refractivity contribution in [2.75, 3.05) is 11.4 Å². The molecule has 0 amide bonds. The molecule has 3 aromatic rings. The highest BCUT2D eigenvalue weighted by atomic mass is 35.5. The lowest BCUT2D eigenvalue weighted by molar-refractivity contribution is 0.356. The zero-order chi connectivity index (χ0) is 28.1. The van der Waals surface area contributed by atoms with Crippen LogP contribution in [0.15, 0.2) is 56.2 Å². The van der Waals surface area contributed by atoms with E-state index in [0.717, 1.165) is 36.4 Å². The topological polar surface area (TPSA) is 115 Å². The highest BCUT2D eigenvalue weighted by Crippen LogP contribution is 2.52. The fourth-order valence-corrected chi connectivity index (χ4v) is 6.41. The van der Waals surface area contributed by atoms with Crippen molar-refractivity contribution in [1.29, 1.82) is 5.26 Å². The smallest absolute Gasteiger partial charge is 0.326 e. The quantitative estimate of drug-likeness (QED) is 0.519. The second kappa shape index (κ2) is 10.2. The molecule has 0 saturated heterocycles. The Kier molecular flexibility index (Phi) is 7.04. The Balaban J connectivity index is 0.00000151. The molecule has 10 heteroatoms. The van der Waals surface area contributed by atoms with Crippen molar-refractivity contribution in [1.82, 2.24) is 18.7 Å². The Hall–Kier alpha value is -3.61. The van der Waals surface area contributed by atoms with Gasteiger partial charge in [0.1, 0.15) is 0 Å². The van der Waals surface area contributed by atoms with Gasteiger partial charge in [0.15, 0.2) is 11.2 Å². The molecular weight excluding hydrogens is 514 g/mol. The van der Waals surface area contributed by atoms with E-state index in [0.29, 0.717) is 41.3 Å². The highest BCUT2D eigenvalue weighted by Gasteiger charge is 2.47. The van der Waals surface area contributed by atoms with Gasteiger partial charge in [-0.15, -0.1) is 0 Å². The summed E-state index contributed by atoms with van der Waals surface area (Å²) in [5, 5.41) is 10.3. The first kappa shape index (κ1) is 27.0. The van der Waals surface area contributed by atoms with Crippen molar-refractivity contribution in [2.24, 2.45) is 18.2 Å². The van der Waals surface area contributed by atoms with Crippen LogP contribution in [0.2, 0.25) is 0 Å². The number of hydrogen-bond acceptors (Lipinski definition) is 6. The van der Waals surface area contributed by atoms with Gasteiger partial charge in [-0.1, -0.05) is 49.7 Å². The number of allylic oxidation sites excluding steroid dienone is 3. The predicted octanol–water partition coefficient (Wildman–Crippen LogP) is 3.96.